The number of aromatic nitrogens is 1. The lowest BCUT2D eigenvalue weighted by atomic mass is 10.1. The fraction of sp³-hybridized carbons (Fsp3) is 0.0714. The molecule has 0 unspecified atom stereocenters. The molecule has 34 heavy (non-hydrogen) atoms. The molecule has 3 aromatic carbocycles. The topological polar surface area (TPSA) is 76.3 Å². The summed E-state index contributed by atoms with van der Waals surface area (Å²) in [5.41, 5.74) is 3.65. The second kappa shape index (κ2) is 9.11. The van der Waals surface area contributed by atoms with Crippen LogP contribution in [0.3, 0.4) is 0 Å². The van der Waals surface area contributed by atoms with Gasteiger partial charge in [-0.1, -0.05) is 42.5 Å². The van der Waals surface area contributed by atoms with E-state index in [4.69, 9.17) is 4.42 Å². The second-order valence-electron chi connectivity index (χ2n) is 7.99. The van der Waals surface area contributed by atoms with E-state index >= 15 is 0 Å². The number of nitrogens with zero attached hydrogens (tertiary/aromatic N) is 1. The van der Waals surface area contributed by atoms with Crippen LogP contribution in [0.15, 0.2) is 101 Å². The van der Waals surface area contributed by atoms with Crippen molar-refractivity contribution in [3.8, 4) is 0 Å². The predicted molar refractivity (Wildman–Crippen MR) is 133 cm³/mol. The van der Waals surface area contributed by atoms with Crippen molar-refractivity contribution in [3.05, 3.63) is 114 Å². The van der Waals surface area contributed by atoms with Gasteiger partial charge in [0.25, 0.3) is 11.8 Å². The summed E-state index contributed by atoms with van der Waals surface area (Å²) >= 11 is 0. The molecule has 0 aliphatic rings. The molecule has 0 atom stereocenters. The van der Waals surface area contributed by atoms with E-state index in [0.29, 0.717) is 11.3 Å². The lowest BCUT2D eigenvalue weighted by Crippen LogP contribution is -2.34. The summed E-state index contributed by atoms with van der Waals surface area (Å²) in [6.07, 6.45) is 3.24. The van der Waals surface area contributed by atoms with Crippen molar-refractivity contribution in [1.82, 2.24) is 15.2 Å². The molecule has 0 radical (unpaired) electrons. The van der Waals surface area contributed by atoms with Crippen molar-refractivity contribution in [1.29, 1.82) is 0 Å². The minimum Gasteiger partial charge on any atom is -0.467 e. The van der Waals surface area contributed by atoms with Crippen LogP contribution in [0.25, 0.3) is 27.9 Å². The average Bonchev–Trinajstić information content (AvgIpc) is 3.49. The molecule has 2 heterocycles. The van der Waals surface area contributed by atoms with Gasteiger partial charge in [0.15, 0.2) is 0 Å². The van der Waals surface area contributed by atoms with Crippen LogP contribution in [0, 0.1) is 0 Å². The summed E-state index contributed by atoms with van der Waals surface area (Å²) < 4.78 is 7.45. The first-order valence-electron chi connectivity index (χ1n) is 11.0. The number of rotatable bonds is 6. The zero-order chi connectivity index (χ0) is 23.5. The molecule has 5 rings (SSSR count). The lowest BCUT2D eigenvalue weighted by Gasteiger charge is -2.11. The first-order valence-corrected chi connectivity index (χ1v) is 11.0. The maximum absolute atomic E-state index is 13.0. The molecular formula is C28H23N3O3. The van der Waals surface area contributed by atoms with E-state index in [2.05, 4.69) is 27.3 Å². The number of nitrogens with one attached hydrogen (secondary N) is 2. The van der Waals surface area contributed by atoms with Crippen LogP contribution in [0.2, 0.25) is 0 Å². The number of hydrogen-bond donors (Lipinski definition) is 2. The number of fused-ring (bicyclic) bond motifs is 3. The fourth-order valence-electron chi connectivity index (χ4n) is 4.06. The van der Waals surface area contributed by atoms with Crippen molar-refractivity contribution < 1.29 is 14.0 Å². The third-order valence-electron chi connectivity index (χ3n) is 5.78. The van der Waals surface area contributed by atoms with Crippen LogP contribution in [0.1, 0.15) is 21.7 Å². The summed E-state index contributed by atoms with van der Waals surface area (Å²) in [4.78, 5) is 25.9. The van der Waals surface area contributed by atoms with E-state index < -0.39 is 5.91 Å². The Morgan fingerprint density at radius 1 is 0.882 bits per heavy atom. The van der Waals surface area contributed by atoms with Crippen LogP contribution in [0.5, 0.6) is 0 Å². The SMILES string of the molecule is Cn1c2ccccc2c2cc(/C=C(\NC(=O)c3ccccc3)C(=O)NCc3ccco3)ccc21. The van der Waals surface area contributed by atoms with E-state index in [1.165, 1.54) is 0 Å². The molecule has 6 heteroatoms. The quantitative estimate of drug-likeness (QED) is 0.358. The zero-order valence-electron chi connectivity index (χ0n) is 18.6. The Balaban J connectivity index is 1.51. The Bertz CT molecular complexity index is 1510. The van der Waals surface area contributed by atoms with E-state index in [9.17, 15) is 9.59 Å². The smallest absolute Gasteiger partial charge is 0.268 e. The molecule has 6 nitrogen and oxygen atoms in total. The molecule has 2 N–H and O–H groups in total. The summed E-state index contributed by atoms with van der Waals surface area (Å²) in [7, 11) is 2.04. The van der Waals surface area contributed by atoms with Crippen molar-refractivity contribution in [2.24, 2.45) is 7.05 Å². The van der Waals surface area contributed by atoms with Gasteiger partial charge in [0, 0.05) is 34.4 Å². The number of carbonyl (C=O) groups excluding carboxylic acids is 2. The van der Waals surface area contributed by atoms with E-state index in [1.807, 2.05) is 43.4 Å². The molecule has 168 valence electrons. The van der Waals surface area contributed by atoms with Crippen LogP contribution in [-0.4, -0.2) is 16.4 Å². The van der Waals surface area contributed by atoms with Crippen molar-refractivity contribution in [2.45, 2.75) is 6.54 Å². The molecule has 0 saturated heterocycles. The predicted octanol–water partition coefficient (Wildman–Crippen LogP) is 5.01. The van der Waals surface area contributed by atoms with Crippen LogP contribution in [0.4, 0.5) is 0 Å². The highest BCUT2D eigenvalue weighted by Crippen LogP contribution is 2.29. The van der Waals surface area contributed by atoms with Crippen molar-refractivity contribution >= 4 is 39.7 Å². The minimum absolute atomic E-state index is 0.153. The highest BCUT2D eigenvalue weighted by atomic mass is 16.3. The third kappa shape index (κ3) is 4.21. The molecule has 0 fully saturated rings. The minimum atomic E-state index is -0.404. The van der Waals surface area contributed by atoms with Gasteiger partial charge in [0.05, 0.1) is 12.8 Å². The number of amides is 2. The molecule has 0 saturated carbocycles. The number of carbonyl (C=O) groups is 2. The second-order valence-corrected chi connectivity index (χ2v) is 7.99. The van der Waals surface area contributed by atoms with Gasteiger partial charge in [0.1, 0.15) is 11.5 Å². The molecule has 0 aliphatic carbocycles. The number of hydrogen-bond acceptors (Lipinski definition) is 3. The molecule has 0 aliphatic heterocycles. The Morgan fingerprint density at radius 3 is 2.44 bits per heavy atom. The van der Waals surface area contributed by atoms with E-state index in [1.54, 1.807) is 48.7 Å². The van der Waals surface area contributed by atoms with Crippen molar-refractivity contribution in [3.63, 3.8) is 0 Å². The maximum atomic E-state index is 13.0. The van der Waals surface area contributed by atoms with Gasteiger partial charge < -0.3 is 19.6 Å². The van der Waals surface area contributed by atoms with Gasteiger partial charge in [-0.2, -0.15) is 0 Å². The van der Waals surface area contributed by atoms with E-state index in [0.717, 1.165) is 27.4 Å². The zero-order valence-corrected chi connectivity index (χ0v) is 18.6. The van der Waals surface area contributed by atoms with Crippen LogP contribution < -0.4 is 10.6 Å². The van der Waals surface area contributed by atoms with Crippen LogP contribution in [-0.2, 0) is 18.4 Å². The molecule has 0 spiro atoms. The lowest BCUT2D eigenvalue weighted by molar-refractivity contribution is -0.118. The molecule has 5 aromatic rings. The Hall–Kier alpha value is -4.58. The maximum Gasteiger partial charge on any atom is 0.268 e. The summed E-state index contributed by atoms with van der Waals surface area (Å²) in [5, 5.41) is 7.80. The van der Waals surface area contributed by atoms with Crippen LogP contribution >= 0.6 is 0 Å². The Morgan fingerprint density at radius 2 is 1.65 bits per heavy atom. The monoisotopic (exact) mass is 449 g/mol. The van der Waals surface area contributed by atoms with Gasteiger partial charge in [-0.15, -0.1) is 0 Å². The highest BCUT2D eigenvalue weighted by Gasteiger charge is 2.16. The standard InChI is InChI=1S/C28H23N3O3/c1-31-25-12-6-5-11-22(25)23-16-19(13-14-26(23)31)17-24(28(33)29-18-21-10-7-15-34-21)30-27(32)20-8-3-2-4-9-20/h2-17H,18H2,1H3,(H,29,33)(H,30,32)/b24-17-. The summed E-state index contributed by atoms with van der Waals surface area (Å²) in [5.74, 6) is -0.135. The Labute approximate surface area is 196 Å². The van der Waals surface area contributed by atoms with Gasteiger partial charge >= 0.3 is 0 Å². The van der Waals surface area contributed by atoms with Crippen molar-refractivity contribution in [2.75, 3.05) is 0 Å². The largest absolute Gasteiger partial charge is 0.467 e. The first kappa shape index (κ1) is 21.3. The number of aryl methyl sites for hydroxylation is 1. The fourth-order valence-corrected chi connectivity index (χ4v) is 4.06. The molecule has 0 bridgehead atoms. The molecule has 2 amide bonds. The highest BCUT2D eigenvalue weighted by molar-refractivity contribution is 6.09. The summed E-state index contributed by atoms with van der Waals surface area (Å²) in [6.45, 7) is 0.215. The van der Waals surface area contributed by atoms with Gasteiger partial charge in [-0.25, -0.2) is 0 Å². The van der Waals surface area contributed by atoms with Gasteiger partial charge in [-0.3, -0.25) is 9.59 Å². The first-order chi connectivity index (χ1) is 16.6. The molecular weight excluding hydrogens is 426 g/mol. The molecule has 2 aromatic heterocycles. The summed E-state index contributed by atoms with van der Waals surface area (Å²) in [6, 6.07) is 26.5. The number of benzene rings is 3. The average molecular weight is 450 g/mol. The third-order valence-corrected chi connectivity index (χ3v) is 5.78. The van der Waals surface area contributed by atoms with Gasteiger partial charge in [-0.05, 0) is 54.1 Å². The van der Waals surface area contributed by atoms with E-state index in [-0.39, 0.29) is 18.1 Å². The normalized spacial score (nSPS) is 11.6. The number of para-hydroxylation sites is 1. The number of furan rings is 1. The Kier molecular flexibility index (Phi) is 5.70. The van der Waals surface area contributed by atoms with Gasteiger partial charge in [0.2, 0.25) is 0 Å².